The number of methoxy groups -OCH3 is 1. The maximum absolute atomic E-state index is 9.96. The van der Waals surface area contributed by atoms with E-state index in [1.807, 2.05) is 23.5 Å². The molecular formula is C14H16N2O3S2. The summed E-state index contributed by atoms with van der Waals surface area (Å²) in [6, 6.07) is 4.94. The number of thioether (sulfide) groups is 2. The Morgan fingerprint density at radius 1 is 1.33 bits per heavy atom. The van der Waals surface area contributed by atoms with Crippen LogP contribution in [0.15, 0.2) is 22.7 Å². The van der Waals surface area contributed by atoms with Gasteiger partial charge in [-0.1, -0.05) is 12.1 Å². The van der Waals surface area contributed by atoms with Crippen molar-refractivity contribution >= 4 is 23.5 Å². The molecule has 0 saturated carbocycles. The van der Waals surface area contributed by atoms with Crippen LogP contribution in [0.2, 0.25) is 0 Å². The molecule has 1 aromatic carbocycles. The minimum atomic E-state index is 0.102. The average Bonchev–Trinajstić information content (AvgIpc) is 2.97. The maximum Gasteiger partial charge on any atom is 0.261 e. The van der Waals surface area contributed by atoms with Crippen LogP contribution in [-0.4, -0.2) is 39.1 Å². The van der Waals surface area contributed by atoms with Crippen LogP contribution in [0.25, 0.3) is 11.5 Å². The van der Waals surface area contributed by atoms with Crippen molar-refractivity contribution < 1.29 is 14.4 Å². The van der Waals surface area contributed by atoms with Crippen molar-refractivity contribution in [3.8, 4) is 23.0 Å². The molecule has 5 nitrogen and oxygen atoms in total. The molecule has 2 heterocycles. The van der Waals surface area contributed by atoms with E-state index in [0.717, 1.165) is 11.5 Å². The van der Waals surface area contributed by atoms with E-state index in [-0.39, 0.29) is 11.0 Å². The van der Waals surface area contributed by atoms with Gasteiger partial charge in [-0.2, -0.15) is 16.7 Å². The number of nitrogens with zero attached hydrogens (tertiary/aromatic N) is 2. The number of hydrogen-bond acceptors (Lipinski definition) is 7. The summed E-state index contributed by atoms with van der Waals surface area (Å²) in [5.74, 6) is 4.00. The molecule has 1 N–H and O–H groups in total. The quantitative estimate of drug-likeness (QED) is 0.928. The number of phenolic OH excluding ortho intramolecular Hbond substituents is 1. The number of aromatic nitrogens is 2. The fraction of sp³-hybridized carbons (Fsp3) is 0.429. The molecule has 1 aliphatic heterocycles. The van der Waals surface area contributed by atoms with Gasteiger partial charge in [0.2, 0.25) is 0 Å². The van der Waals surface area contributed by atoms with Gasteiger partial charge >= 0.3 is 0 Å². The van der Waals surface area contributed by atoms with Crippen LogP contribution in [0.1, 0.15) is 18.0 Å². The molecule has 0 amide bonds. The molecule has 1 aromatic heterocycles. The molecule has 1 fully saturated rings. The van der Waals surface area contributed by atoms with E-state index in [0.29, 0.717) is 28.3 Å². The topological polar surface area (TPSA) is 68.4 Å². The molecule has 112 valence electrons. The molecule has 3 rings (SSSR count). The summed E-state index contributed by atoms with van der Waals surface area (Å²) in [6.07, 6.45) is 0. The standard InChI is InChI=1S/C14H16N2O3S2/c1-8-12(21-6-5-20-8)13-15-14(19-16-13)10-7-9(18-2)3-4-11(10)17/h3-4,7-8,12,17H,5-6H2,1-2H3. The monoisotopic (exact) mass is 324 g/mol. The minimum Gasteiger partial charge on any atom is -0.507 e. The van der Waals surface area contributed by atoms with Gasteiger partial charge in [-0.3, -0.25) is 0 Å². The first-order valence-electron chi connectivity index (χ1n) is 6.63. The number of rotatable bonds is 3. The van der Waals surface area contributed by atoms with Gasteiger partial charge in [-0.25, -0.2) is 0 Å². The van der Waals surface area contributed by atoms with Crippen LogP contribution in [0, 0.1) is 0 Å². The van der Waals surface area contributed by atoms with Crippen LogP contribution in [-0.2, 0) is 0 Å². The second-order valence-corrected chi connectivity index (χ2v) is 7.44. The van der Waals surface area contributed by atoms with Gasteiger partial charge in [0.15, 0.2) is 5.82 Å². The second-order valence-electron chi connectivity index (χ2n) is 4.71. The van der Waals surface area contributed by atoms with E-state index in [1.165, 1.54) is 0 Å². The normalized spacial score (nSPS) is 22.2. The number of phenols is 1. The SMILES string of the molecule is COc1ccc(O)c(-c2nc(C3SCCSC3C)no2)c1. The largest absolute Gasteiger partial charge is 0.507 e. The number of aromatic hydroxyl groups is 1. The van der Waals surface area contributed by atoms with E-state index >= 15 is 0 Å². The Hall–Kier alpha value is -1.34. The molecule has 2 unspecified atom stereocenters. The predicted molar refractivity (Wildman–Crippen MR) is 85.1 cm³/mol. The van der Waals surface area contributed by atoms with Gasteiger partial charge < -0.3 is 14.4 Å². The lowest BCUT2D eigenvalue weighted by atomic mass is 10.2. The van der Waals surface area contributed by atoms with Gasteiger partial charge in [-0.05, 0) is 18.2 Å². The van der Waals surface area contributed by atoms with E-state index in [9.17, 15) is 5.11 Å². The zero-order chi connectivity index (χ0) is 14.8. The average molecular weight is 324 g/mol. The third-order valence-electron chi connectivity index (χ3n) is 3.32. The van der Waals surface area contributed by atoms with Crippen molar-refractivity contribution in [2.24, 2.45) is 0 Å². The summed E-state index contributed by atoms with van der Waals surface area (Å²) in [7, 11) is 1.58. The summed E-state index contributed by atoms with van der Waals surface area (Å²) in [5.41, 5.74) is 0.495. The highest BCUT2D eigenvalue weighted by atomic mass is 32.2. The molecule has 21 heavy (non-hydrogen) atoms. The van der Waals surface area contributed by atoms with Crippen LogP contribution in [0.4, 0.5) is 0 Å². The summed E-state index contributed by atoms with van der Waals surface area (Å²) in [5, 5.41) is 14.7. The Labute approximate surface area is 131 Å². The summed E-state index contributed by atoms with van der Waals surface area (Å²) in [4.78, 5) is 4.46. The van der Waals surface area contributed by atoms with E-state index < -0.39 is 0 Å². The molecule has 1 aliphatic rings. The molecule has 1 saturated heterocycles. The summed E-state index contributed by atoms with van der Waals surface area (Å²) < 4.78 is 10.5. The lowest BCUT2D eigenvalue weighted by Crippen LogP contribution is -2.16. The first-order chi connectivity index (χ1) is 10.2. The van der Waals surface area contributed by atoms with Crippen molar-refractivity contribution in [3.05, 3.63) is 24.0 Å². The van der Waals surface area contributed by atoms with Crippen LogP contribution < -0.4 is 4.74 Å². The Balaban J connectivity index is 1.91. The first kappa shape index (κ1) is 14.6. The van der Waals surface area contributed by atoms with Gasteiger partial charge in [0.05, 0.1) is 17.9 Å². The molecular weight excluding hydrogens is 308 g/mol. The highest BCUT2D eigenvalue weighted by Crippen LogP contribution is 2.42. The minimum absolute atomic E-state index is 0.102. The molecule has 0 bridgehead atoms. The van der Waals surface area contributed by atoms with E-state index in [1.54, 1.807) is 25.3 Å². The summed E-state index contributed by atoms with van der Waals surface area (Å²) in [6.45, 7) is 2.18. The van der Waals surface area contributed by atoms with Crippen LogP contribution >= 0.6 is 23.5 Å². The van der Waals surface area contributed by atoms with E-state index in [4.69, 9.17) is 9.26 Å². The smallest absolute Gasteiger partial charge is 0.261 e. The molecule has 0 radical (unpaired) electrons. The zero-order valence-corrected chi connectivity index (χ0v) is 13.4. The lowest BCUT2D eigenvalue weighted by molar-refractivity contribution is 0.406. The lowest BCUT2D eigenvalue weighted by Gasteiger charge is -2.24. The maximum atomic E-state index is 9.96. The Morgan fingerprint density at radius 3 is 2.90 bits per heavy atom. The Bertz CT molecular complexity index is 632. The predicted octanol–water partition coefficient (Wildman–Crippen LogP) is 3.36. The zero-order valence-electron chi connectivity index (χ0n) is 11.8. The van der Waals surface area contributed by atoms with Crippen LogP contribution in [0.5, 0.6) is 11.5 Å². The third-order valence-corrected chi connectivity index (χ3v) is 6.40. The number of benzene rings is 1. The van der Waals surface area contributed by atoms with Gasteiger partial charge in [0.25, 0.3) is 5.89 Å². The summed E-state index contributed by atoms with van der Waals surface area (Å²) >= 11 is 3.78. The van der Waals surface area contributed by atoms with Gasteiger partial charge in [0, 0.05) is 16.8 Å². The molecule has 0 aliphatic carbocycles. The fourth-order valence-electron chi connectivity index (χ4n) is 2.19. The van der Waals surface area contributed by atoms with E-state index in [2.05, 4.69) is 17.1 Å². The van der Waals surface area contributed by atoms with Crippen molar-refractivity contribution in [2.45, 2.75) is 17.4 Å². The molecule has 2 atom stereocenters. The van der Waals surface area contributed by atoms with Gasteiger partial charge in [-0.15, -0.1) is 11.8 Å². The van der Waals surface area contributed by atoms with Crippen molar-refractivity contribution in [2.75, 3.05) is 18.6 Å². The fourth-order valence-corrected chi connectivity index (χ4v) is 4.87. The van der Waals surface area contributed by atoms with Crippen molar-refractivity contribution in [3.63, 3.8) is 0 Å². The first-order valence-corrected chi connectivity index (χ1v) is 8.73. The number of hydrogen-bond donors (Lipinski definition) is 1. The number of ether oxygens (including phenoxy) is 1. The molecule has 2 aromatic rings. The Morgan fingerprint density at radius 2 is 2.14 bits per heavy atom. The van der Waals surface area contributed by atoms with Crippen molar-refractivity contribution in [1.29, 1.82) is 0 Å². The third kappa shape index (κ3) is 2.98. The molecule has 7 heteroatoms. The highest BCUT2D eigenvalue weighted by molar-refractivity contribution is 8.06. The van der Waals surface area contributed by atoms with Crippen molar-refractivity contribution in [1.82, 2.24) is 10.1 Å². The van der Waals surface area contributed by atoms with Gasteiger partial charge in [0.1, 0.15) is 11.5 Å². The highest BCUT2D eigenvalue weighted by Gasteiger charge is 2.29. The Kier molecular flexibility index (Phi) is 4.30. The van der Waals surface area contributed by atoms with Crippen LogP contribution in [0.3, 0.4) is 0 Å². The molecule has 0 spiro atoms. The second kappa shape index (κ2) is 6.19.